The van der Waals surface area contributed by atoms with Crippen LogP contribution in [0, 0.1) is 0 Å². The number of ether oxygens (including phenoxy) is 1. The number of alkyl halides is 3. The van der Waals surface area contributed by atoms with Gasteiger partial charge in [-0.2, -0.15) is 13.2 Å². The Morgan fingerprint density at radius 2 is 1.66 bits per heavy atom. The van der Waals surface area contributed by atoms with Gasteiger partial charge in [-0.3, -0.25) is 14.4 Å². The molecule has 0 radical (unpaired) electrons. The van der Waals surface area contributed by atoms with Gasteiger partial charge in [0.15, 0.2) is 0 Å². The molecular weight excluding hydrogens is 543 g/mol. The maximum absolute atomic E-state index is 13.3. The highest BCUT2D eigenvalue weighted by atomic mass is 19.4. The van der Waals surface area contributed by atoms with Crippen LogP contribution in [0.2, 0.25) is 0 Å². The third-order valence-corrected chi connectivity index (χ3v) is 5.94. The fraction of sp³-hybridized carbons (Fsp3) is 0.370. The van der Waals surface area contributed by atoms with Crippen LogP contribution in [-0.2, 0) is 22.1 Å². The van der Waals surface area contributed by atoms with Gasteiger partial charge < -0.3 is 19.9 Å². The maximum Gasteiger partial charge on any atom is 0.416 e. The van der Waals surface area contributed by atoms with Gasteiger partial charge in [-0.1, -0.05) is 0 Å². The molecule has 14 heteroatoms. The number of anilines is 2. The Hall–Kier alpha value is -4.62. The van der Waals surface area contributed by atoms with E-state index in [1.54, 1.807) is 30.6 Å². The third kappa shape index (κ3) is 7.74. The van der Waals surface area contributed by atoms with Crippen LogP contribution >= 0.6 is 0 Å². The van der Waals surface area contributed by atoms with E-state index in [1.165, 1.54) is 24.8 Å². The minimum atomic E-state index is -4.52. The number of hydrogen-bond donors (Lipinski definition) is 1. The lowest BCUT2D eigenvalue weighted by atomic mass is 10.1. The number of hydrogen-bond acceptors (Lipinski definition) is 9. The predicted octanol–water partition coefficient (Wildman–Crippen LogP) is 3.38. The van der Waals surface area contributed by atoms with Crippen molar-refractivity contribution in [2.75, 3.05) is 36.4 Å². The first-order valence-electron chi connectivity index (χ1n) is 12.7. The lowest BCUT2D eigenvalue weighted by Gasteiger charge is -2.34. The zero-order chi connectivity index (χ0) is 29.8. The molecule has 1 saturated heterocycles. The molecular formula is C27H28F3N7O4. The molecule has 216 valence electrons. The van der Waals surface area contributed by atoms with Crippen LogP contribution < -0.4 is 10.2 Å². The summed E-state index contributed by atoms with van der Waals surface area (Å²) in [7, 11) is 0. The molecule has 0 spiro atoms. The van der Waals surface area contributed by atoms with E-state index in [1.807, 2.05) is 0 Å². The maximum atomic E-state index is 13.3. The second kappa shape index (κ2) is 11.9. The summed E-state index contributed by atoms with van der Waals surface area (Å²) >= 11 is 0. The minimum absolute atomic E-state index is 0.114. The highest BCUT2D eigenvalue weighted by molar-refractivity contribution is 6.04. The van der Waals surface area contributed by atoms with Gasteiger partial charge in [-0.25, -0.2) is 19.9 Å². The van der Waals surface area contributed by atoms with Crippen molar-refractivity contribution in [3.63, 3.8) is 0 Å². The quantitative estimate of drug-likeness (QED) is 0.443. The highest BCUT2D eigenvalue weighted by Gasteiger charge is 2.30. The lowest BCUT2D eigenvalue weighted by Crippen LogP contribution is -2.49. The van der Waals surface area contributed by atoms with Gasteiger partial charge >= 0.3 is 12.1 Å². The van der Waals surface area contributed by atoms with E-state index in [0.717, 1.165) is 24.3 Å². The molecule has 1 aliphatic rings. The van der Waals surface area contributed by atoms with Crippen molar-refractivity contribution in [1.29, 1.82) is 0 Å². The Kier molecular flexibility index (Phi) is 8.49. The number of halogens is 3. The molecule has 1 fully saturated rings. The van der Waals surface area contributed by atoms with Crippen LogP contribution in [-0.4, -0.2) is 74.4 Å². The standard InChI is InChI=1S/C27H28F3N7O4/c1-26(2,3)41-21(38)14-17-15-32-25(37-12-10-36(11-13-37)24(40)20-8-9-31-16-33-20)35-22(17)23(39)34-19-6-4-18(5-7-19)27(28,29)30/h4-9,15-16H,10-14H2,1-3H3,(H,34,39). The van der Waals surface area contributed by atoms with Gasteiger partial charge in [-0.15, -0.1) is 0 Å². The first-order valence-corrected chi connectivity index (χ1v) is 12.7. The Bertz CT molecular complexity index is 1400. The zero-order valence-corrected chi connectivity index (χ0v) is 22.6. The molecule has 1 aliphatic heterocycles. The number of carbonyl (C=O) groups excluding carboxylic acids is 3. The van der Waals surface area contributed by atoms with E-state index in [0.29, 0.717) is 26.2 Å². The largest absolute Gasteiger partial charge is 0.460 e. The van der Waals surface area contributed by atoms with Gasteiger partial charge in [0.1, 0.15) is 23.3 Å². The molecule has 2 aromatic heterocycles. The summed E-state index contributed by atoms with van der Waals surface area (Å²) in [6.45, 7) is 6.54. The van der Waals surface area contributed by atoms with Crippen molar-refractivity contribution in [1.82, 2.24) is 24.8 Å². The minimum Gasteiger partial charge on any atom is -0.460 e. The number of piperazine rings is 1. The number of carbonyl (C=O) groups is 3. The van der Waals surface area contributed by atoms with Crippen LogP contribution in [0.3, 0.4) is 0 Å². The number of nitrogens with zero attached hydrogens (tertiary/aromatic N) is 6. The molecule has 0 bridgehead atoms. The van der Waals surface area contributed by atoms with Crippen molar-refractivity contribution < 1.29 is 32.3 Å². The fourth-order valence-corrected chi connectivity index (χ4v) is 4.03. The average molecular weight is 572 g/mol. The van der Waals surface area contributed by atoms with Crippen LogP contribution in [0.1, 0.15) is 52.9 Å². The van der Waals surface area contributed by atoms with Crippen LogP contribution in [0.25, 0.3) is 0 Å². The third-order valence-electron chi connectivity index (χ3n) is 5.94. The first-order chi connectivity index (χ1) is 19.3. The molecule has 3 heterocycles. The normalized spacial score (nSPS) is 14.0. The van der Waals surface area contributed by atoms with Crippen molar-refractivity contribution in [3.05, 3.63) is 71.6 Å². The van der Waals surface area contributed by atoms with Crippen LogP contribution in [0.4, 0.5) is 24.8 Å². The smallest absolute Gasteiger partial charge is 0.416 e. The molecule has 0 saturated carbocycles. The van der Waals surface area contributed by atoms with E-state index < -0.39 is 29.2 Å². The van der Waals surface area contributed by atoms with E-state index in [4.69, 9.17) is 4.74 Å². The van der Waals surface area contributed by atoms with Crippen LogP contribution in [0.5, 0.6) is 0 Å². The van der Waals surface area contributed by atoms with Gasteiger partial charge in [-0.05, 0) is 51.1 Å². The number of esters is 1. The summed E-state index contributed by atoms with van der Waals surface area (Å²) in [5.74, 6) is -1.37. The Morgan fingerprint density at radius 1 is 0.976 bits per heavy atom. The SMILES string of the molecule is CC(C)(C)OC(=O)Cc1cnc(N2CCN(C(=O)c3ccncn3)CC2)nc1C(=O)Nc1ccc(C(F)(F)F)cc1. The van der Waals surface area contributed by atoms with Gasteiger partial charge in [0.25, 0.3) is 11.8 Å². The fourth-order valence-electron chi connectivity index (χ4n) is 4.03. The number of nitrogens with one attached hydrogen (secondary N) is 1. The molecule has 0 unspecified atom stereocenters. The van der Waals surface area contributed by atoms with E-state index in [-0.39, 0.29) is 40.9 Å². The van der Waals surface area contributed by atoms with E-state index in [2.05, 4.69) is 25.3 Å². The van der Waals surface area contributed by atoms with Crippen molar-refractivity contribution >= 4 is 29.4 Å². The van der Waals surface area contributed by atoms with E-state index >= 15 is 0 Å². The number of benzene rings is 1. The molecule has 2 amide bonds. The first kappa shape index (κ1) is 29.4. The van der Waals surface area contributed by atoms with Gasteiger partial charge in [0, 0.05) is 49.8 Å². The number of aromatic nitrogens is 4. The summed E-state index contributed by atoms with van der Waals surface area (Å²) in [4.78, 5) is 58.5. The van der Waals surface area contributed by atoms with Crippen LogP contribution in [0.15, 0.2) is 49.1 Å². The summed E-state index contributed by atoms with van der Waals surface area (Å²) in [5, 5.41) is 2.54. The molecule has 11 nitrogen and oxygen atoms in total. The van der Waals surface area contributed by atoms with E-state index in [9.17, 15) is 27.6 Å². The average Bonchev–Trinajstić information content (AvgIpc) is 2.92. The predicted molar refractivity (Wildman–Crippen MR) is 141 cm³/mol. The van der Waals surface area contributed by atoms with Gasteiger partial charge in [0.2, 0.25) is 5.95 Å². The second-order valence-corrected chi connectivity index (χ2v) is 10.2. The zero-order valence-electron chi connectivity index (χ0n) is 22.6. The molecule has 1 aromatic carbocycles. The lowest BCUT2D eigenvalue weighted by molar-refractivity contribution is -0.154. The topological polar surface area (TPSA) is 131 Å². The van der Waals surface area contributed by atoms with Crippen molar-refractivity contribution in [3.8, 4) is 0 Å². The van der Waals surface area contributed by atoms with Crippen molar-refractivity contribution in [2.45, 2.75) is 39.0 Å². The molecule has 0 aliphatic carbocycles. The van der Waals surface area contributed by atoms with Gasteiger partial charge in [0.05, 0.1) is 12.0 Å². The Morgan fingerprint density at radius 3 is 2.24 bits per heavy atom. The Balaban J connectivity index is 1.53. The molecule has 4 rings (SSSR count). The summed E-state index contributed by atoms with van der Waals surface area (Å²) in [6, 6.07) is 5.49. The number of amides is 2. The van der Waals surface area contributed by atoms with Crippen molar-refractivity contribution in [2.24, 2.45) is 0 Å². The summed E-state index contributed by atoms with van der Waals surface area (Å²) < 4.78 is 44.2. The monoisotopic (exact) mass is 571 g/mol. The summed E-state index contributed by atoms with van der Waals surface area (Å²) in [6.07, 6.45) is -0.678. The second-order valence-electron chi connectivity index (χ2n) is 10.2. The molecule has 3 aromatic rings. The highest BCUT2D eigenvalue weighted by Crippen LogP contribution is 2.30. The summed E-state index contributed by atoms with van der Waals surface area (Å²) in [5.41, 5.74) is -1.17. The Labute approximate surface area is 233 Å². The number of rotatable bonds is 6. The molecule has 41 heavy (non-hydrogen) atoms. The molecule has 1 N–H and O–H groups in total. The molecule has 0 atom stereocenters.